The van der Waals surface area contributed by atoms with Crippen molar-refractivity contribution >= 4 is 17.6 Å². The molecule has 6 nitrogen and oxygen atoms in total. The molecule has 1 aromatic heterocycles. The summed E-state index contributed by atoms with van der Waals surface area (Å²) in [6.07, 6.45) is 2.21. The summed E-state index contributed by atoms with van der Waals surface area (Å²) in [7, 11) is 0. The molecule has 100 valence electrons. The number of hydrogen-bond acceptors (Lipinski definition) is 4. The normalized spacial score (nSPS) is 11.9. The molecule has 0 bridgehead atoms. The molecule has 0 saturated carbocycles. The lowest BCUT2D eigenvalue weighted by Gasteiger charge is -2.12. The van der Waals surface area contributed by atoms with Gasteiger partial charge in [-0.2, -0.15) is 0 Å². The molecule has 0 aromatic carbocycles. The molecule has 0 aliphatic heterocycles. The Morgan fingerprint density at radius 2 is 2.22 bits per heavy atom. The lowest BCUT2D eigenvalue weighted by Crippen LogP contribution is -2.41. The molecule has 2 N–H and O–H groups in total. The third-order valence-corrected chi connectivity index (χ3v) is 2.41. The number of amides is 2. The van der Waals surface area contributed by atoms with Gasteiger partial charge in [0.05, 0.1) is 0 Å². The average molecular weight is 253 g/mol. The van der Waals surface area contributed by atoms with Crippen molar-refractivity contribution in [3.8, 4) is 0 Å². The largest absolute Gasteiger partial charge is 0.360 e. The van der Waals surface area contributed by atoms with Crippen LogP contribution < -0.4 is 10.6 Å². The van der Waals surface area contributed by atoms with E-state index in [4.69, 9.17) is 4.52 Å². The van der Waals surface area contributed by atoms with Crippen LogP contribution >= 0.6 is 0 Å². The van der Waals surface area contributed by atoms with Gasteiger partial charge in [-0.15, -0.1) is 0 Å². The fourth-order valence-corrected chi connectivity index (χ4v) is 1.38. The SMILES string of the molecule is CCCCC(=O)N[C@H](C)C(=O)Nc1cc(C)on1. The van der Waals surface area contributed by atoms with Gasteiger partial charge in [0.1, 0.15) is 11.8 Å². The maximum atomic E-state index is 11.7. The molecule has 6 heteroatoms. The van der Waals surface area contributed by atoms with Gasteiger partial charge in [-0.25, -0.2) is 0 Å². The minimum Gasteiger partial charge on any atom is -0.360 e. The summed E-state index contributed by atoms with van der Waals surface area (Å²) in [5, 5.41) is 8.84. The van der Waals surface area contributed by atoms with Gasteiger partial charge in [-0.05, 0) is 20.3 Å². The molecule has 0 saturated heterocycles. The molecule has 0 radical (unpaired) electrons. The fraction of sp³-hybridized carbons (Fsp3) is 0.583. The van der Waals surface area contributed by atoms with Gasteiger partial charge in [-0.1, -0.05) is 18.5 Å². The van der Waals surface area contributed by atoms with Crippen LogP contribution in [0.3, 0.4) is 0 Å². The van der Waals surface area contributed by atoms with E-state index < -0.39 is 6.04 Å². The number of carbonyl (C=O) groups excluding carboxylic acids is 2. The van der Waals surface area contributed by atoms with Crippen molar-refractivity contribution in [3.05, 3.63) is 11.8 Å². The predicted molar refractivity (Wildman–Crippen MR) is 67.0 cm³/mol. The Morgan fingerprint density at radius 1 is 1.50 bits per heavy atom. The van der Waals surface area contributed by atoms with E-state index in [1.54, 1.807) is 19.9 Å². The van der Waals surface area contributed by atoms with Crippen LogP contribution in [0.4, 0.5) is 5.82 Å². The van der Waals surface area contributed by atoms with Crippen LogP contribution in [0, 0.1) is 6.92 Å². The lowest BCUT2D eigenvalue weighted by molar-refractivity contribution is -0.126. The Hall–Kier alpha value is -1.85. The highest BCUT2D eigenvalue weighted by Crippen LogP contribution is 2.07. The smallest absolute Gasteiger partial charge is 0.247 e. The fourth-order valence-electron chi connectivity index (χ4n) is 1.38. The zero-order valence-corrected chi connectivity index (χ0v) is 10.9. The first kappa shape index (κ1) is 14.2. The van der Waals surface area contributed by atoms with Crippen LogP contribution in [0.5, 0.6) is 0 Å². The van der Waals surface area contributed by atoms with Crippen LogP contribution in [0.1, 0.15) is 38.9 Å². The highest BCUT2D eigenvalue weighted by Gasteiger charge is 2.16. The topological polar surface area (TPSA) is 84.2 Å². The Balaban J connectivity index is 2.39. The van der Waals surface area contributed by atoms with Gasteiger partial charge in [0, 0.05) is 12.5 Å². The minimum absolute atomic E-state index is 0.115. The van der Waals surface area contributed by atoms with Gasteiger partial charge in [0.25, 0.3) is 0 Å². The molecular formula is C12H19N3O3. The molecule has 1 heterocycles. The van der Waals surface area contributed by atoms with Gasteiger partial charge < -0.3 is 15.2 Å². The van der Waals surface area contributed by atoms with Crippen LogP contribution in [-0.2, 0) is 9.59 Å². The van der Waals surface area contributed by atoms with Crippen molar-refractivity contribution in [1.82, 2.24) is 10.5 Å². The Labute approximate surface area is 106 Å². The quantitative estimate of drug-likeness (QED) is 0.806. The lowest BCUT2D eigenvalue weighted by atomic mass is 10.2. The molecule has 0 spiro atoms. The summed E-state index contributed by atoms with van der Waals surface area (Å²) in [5.74, 6) is 0.543. The first-order chi connectivity index (χ1) is 8.52. The van der Waals surface area contributed by atoms with E-state index in [1.807, 2.05) is 6.92 Å². The van der Waals surface area contributed by atoms with Gasteiger partial charge >= 0.3 is 0 Å². The second kappa shape index (κ2) is 6.78. The van der Waals surface area contributed by atoms with E-state index in [2.05, 4.69) is 15.8 Å². The van der Waals surface area contributed by atoms with Crippen LogP contribution in [-0.4, -0.2) is 23.0 Å². The summed E-state index contributed by atoms with van der Waals surface area (Å²) in [4.78, 5) is 23.2. The molecule has 1 atom stereocenters. The minimum atomic E-state index is -0.591. The number of carbonyl (C=O) groups is 2. The highest BCUT2D eigenvalue weighted by molar-refractivity contribution is 5.96. The summed E-state index contributed by atoms with van der Waals surface area (Å²) >= 11 is 0. The third-order valence-electron chi connectivity index (χ3n) is 2.41. The van der Waals surface area contributed by atoms with E-state index >= 15 is 0 Å². The van der Waals surface area contributed by atoms with E-state index in [-0.39, 0.29) is 11.8 Å². The molecule has 0 aliphatic carbocycles. The predicted octanol–water partition coefficient (Wildman–Crippen LogP) is 1.62. The Kier molecular flexibility index (Phi) is 5.35. The molecule has 0 aliphatic rings. The number of unbranched alkanes of at least 4 members (excludes halogenated alkanes) is 1. The molecule has 0 unspecified atom stereocenters. The van der Waals surface area contributed by atoms with Gasteiger partial charge in [-0.3, -0.25) is 9.59 Å². The van der Waals surface area contributed by atoms with Crippen LogP contribution in [0.2, 0.25) is 0 Å². The summed E-state index contributed by atoms with van der Waals surface area (Å²) < 4.78 is 4.83. The number of nitrogens with one attached hydrogen (secondary N) is 2. The first-order valence-corrected chi connectivity index (χ1v) is 6.06. The number of hydrogen-bond donors (Lipinski definition) is 2. The molecular weight excluding hydrogens is 234 g/mol. The zero-order valence-electron chi connectivity index (χ0n) is 10.9. The monoisotopic (exact) mass is 253 g/mol. The summed E-state index contributed by atoms with van der Waals surface area (Å²) in [6.45, 7) is 5.38. The van der Waals surface area contributed by atoms with Crippen molar-refractivity contribution in [3.63, 3.8) is 0 Å². The van der Waals surface area contributed by atoms with Crippen molar-refractivity contribution in [2.24, 2.45) is 0 Å². The number of aromatic nitrogens is 1. The maximum Gasteiger partial charge on any atom is 0.247 e. The molecule has 1 rings (SSSR count). The standard InChI is InChI=1S/C12H19N3O3/c1-4-5-6-11(16)13-9(3)12(17)14-10-7-8(2)18-15-10/h7,9H,4-6H2,1-3H3,(H,13,16)(H,14,15,17)/t9-/m1/s1. The van der Waals surface area contributed by atoms with Crippen molar-refractivity contribution in [2.45, 2.75) is 46.1 Å². The first-order valence-electron chi connectivity index (χ1n) is 6.06. The summed E-state index contributed by atoms with van der Waals surface area (Å²) in [5.41, 5.74) is 0. The van der Waals surface area contributed by atoms with Gasteiger partial charge in [0.15, 0.2) is 5.82 Å². The van der Waals surface area contributed by atoms with Gasteiger partial charge in [0.2, 0.25) is 11.8 Å². The third kappa shape index (κ3) is 4.57. The average Bonchev–Trinajstić information content (AvgIpc) is 2.72. The van der Waals surface area contributed by atoms with E-state index in [0.717, 1.165) is 12.8 Å². The molecule has 0 fully saturated rings. The number of rotatable bonds is 6. The second-order valence-corrected chi connectivity index (χ2v) is 4.20. The van der Waals surface area contributed by atoms with E-state index in [0.29, 0.717) is 18.0 Å². The Morgan fingerprint density at radius 3 is 2.78 bits per heavy atom. The highest BCUT2D eigenvalue weighted by atomic mass is 16.5. The summed E-state index contributed by atoms with van der Waals surface area (Å²) in [6, 6.07) is 1.02. The molecule has 1 aromatic rings. The number of nitrogens with zero attached hydrogens (tertiary/aromatic N) is 1. The second-order valence-electron chi connectivity index (χ2n) is 4.20. The van der Waals surface area contributed by atoms with E-state index in [1.165, 1.54) is 0 Å². The van der Waals surface area contributed by atoms with Crippen LogP contribution in [0.25, 0.3) is 0 Å². The van der Waals surface area contributed by atoms with Crippen molar-refractivity contribution < 1.29 is 14.1 Å². The van der Waals surface area contributed by atoms with Crippen LogP contribution in [0.15, 0.2) is 10.6 Å². The zero-order chi connectivity index (χ0) is 13.5. The van der Waals surface area contributed by atoms with Crippen molar-refractivity contribution in [1.29, 1.82) is 0 Å². The maximum absolute atomic E-state index is 11.7. The van der Waals surface area contributed by atoms with E-state index in [9.17, 15) is 9.59 Å². The van der Waals surface area contributed by atoms with Crippen molar-refractivity contribution in [2.75, 3.05) is 5.32 Å². The Bertz CT molecular complexity index is 414. The molecule has 18 heavy (non-hydrogen) atoms. The number of anilines is 1. The number of aryl methyl sites for hydroxylation is 1. The molecule has 2 amide bonds.